The molecular formula is C23H16Cl2N2O5. The molecule has 0 fully saturated rings. The number of nitro benzene ring substituents is 1. The molecule has 1 aliphatic rings. The lowest BCUT2D eigenvalue weighted by Gasteiger charge is -2.23. The van der Waals surface area contributed by atoms with Gasteiger partial charge < -0.3 is 10.0 Å². The number of hydrogen-bond donors (Lipinski definition) is 1. The van der Waals surface area contributed by atoms with E-state index in [9.17, 15) is 24.8 Å². The van der Waals surface area contributed by atoms with Crippen LogP contribution < -0.4 is 4.90 Å². The fourth-order valence-electron chi connectivity index (χ4n) is 3.78. The Hall–Kier alpha value is -3.26. The second-order valence-electron chi connectivity index (χ2n) is 7.42. The fourth-order valence-corrected chi connectivity index (χ4v) is 4.10. The van der Waals surface area contributed by atoms with Gasteiger partial charge in [0, 0.05) is 23.3 Å². The second-order valence-corrected chi connectivity index (χ2v) is 8.24. The predicted molar refractivity (Wildman–Crippen MR) is 120 cm³/mol. The van der Waals surface area contributed by atoms with Crippen molar-refractivity contribution in [2.75, 3.05) is 4.90 Å². The average Bonchev–Trinajstić information content (AvgIpc) is 2.98. The first-order valence-corrected chi connectivity index (χ1v) is 10.3. The molecule has 3 aromatic rings. The number of amides is 1. The van der Waals surface area contributed by atoms with Crippen molar-refractivity contribution in [1.29, 1.82) is 0 Å². The highest BCUT2D eigenvalue weighted by molar-refractivity contribution is 6.42. The minimum Gasteiger partial charge on any atom is -0.375 e. The van der Waals surface area contributed by atoms with Crippen molar-refractivity contribution in [3.63, 3.8) is 0 Å². The maximum absolute atomic E-state index is 13.3. The highest BCUT2D eigenvalue weighted by atomic mass is 35.5. The van der Waals surface area contributed by atoms with Crippen LogP contribution in [0.2, 0.25) is 10.0 Å². The van der Waals surface area contributed by atoms with Crippen molar-refractivity contribution >= 4 is 46.3 Å². The smallest absolute Gasteiger partial charge is 0.270 e. The number of para-hydroxylation sites is 1. The number of nitro groups is 1. The number of benzene rings is 3. The molecular weight excluding hydrogens is 455 g/mol. The average molecular weight is 471 g/mol. The monoisotopic (exact) mass is 470 g/mol. The van der Waals surface area contributed by atoms with Gasteiger partial charge in [0.1, 0.15) is 0 Å². The zero-order valence-corrected chi connectivity index (χ0v) is 18.0. The van der Waals surface area contributed by atoms with E-state index >= 15 is 0 Å². The Morgan fingerprint density at radius 2 is 1.78 bits per heavy atom. The van der Waals surface area contributed by atoms with E-state index in [1.165, 1.54) is 23.1 Å². The van der Waals surface area contributed by atoms with Crippen LogP contribution in [0.15, 0.2) is 66.7 Å². The first kappa shape index (κ1) is 22.0. The molecule has 0 aliphatic carbocycles. The Balaban J connectivity index is 1.67. The first-order chi connectivity index (χ1) is 15.2. The van der Waals surface area contributed by atoms with Crippen molar-refractivity contribution < 1.29 is 19.6 Å². The summed E-state index contributed by atoms with van der Waals surface area (Å²) < 4.78 is 0. The quantitative estimate of drug-likeness (QED) is 0.313. The summed E-state index contributed by atoms with van der Waals surface area (Å²) in [5.41, 5.74) is -0.851. The van der Waals surface area contributed by atoms with Gasteiger partial charge in [0.2, 0.25) is 0 Å². The van der Waals surface area contributed by atoms with E-state index in [1.54, 1.807) is 42.5 Å². The Morgan fingerprint density at radius 3 is 2.50 bits per heavy atom. The molecule has 3 aromatic carbocycles. The van der Waals surface area contributed by atoms with Crippen LogP contribution in [0.4, 0.5) is 11.4 Å². The summed E-state index contributed by atoms with van der Waals surface area (Å²) in [6.45, 7) is 0.111. The second kappa shape index (κ2) is 8.35. The van der Waals surface area contributed by atoms with Gasteiger partial charge in [-0.25, -0.2) is 0 Å². The van der Waals surface area contributed by atoms with E-state index in [0.29, 0.717) is 26.9 Å². The zero-order chi connectivity index (χ0) is 23.0. The van der Waals surface area contributed by atoms with Crippen LogP contribution in [0.3, 0.4) is 0 Å². The van der Waals surface area contributed by atoms with E-state index in [4.69, 9.17) is 23.2 Å². The maximum Gasteiger partial charge on any atom is 0.270 e. The molecule has 0 bridgehead atoms. The summed E-state index contributed by atoms with van der Waals surface area (Å²) in [5.74, 6) is -1.25. The molecule has 9 heteroatoms. The number of nitrogens with zero attached hydrogens (tertiary/aromatic N) is 2. The molecule has 32 heavy (non-hydrogen) atoms. The molecule has 0 saturated heterocycles. The summed E-state index contributed by atoms with van der Waals surface area (Å²) in [6, 6.07) is 16.8. The number of rotatable bonds is 6. The molecule has 1 amide bonds. The van der Waals surface area contributed by atoms with Gasteiger partial charge in [0.05, 0.1) is 33.6 Å². The number of non-ortho nitro benzene ring substituents is 1. The molecule has 0 spiro atoms. The number of Topliss-reactive ketones (excluding diaryl/α,β-unsaturated/α-hetero) is 1. The van der Waals surface area contributed by atoms with Gasteiger partial charge in [0.25, 0.3) is 11.6 Å². The third-order valence-corrected chi connectivity index (χ3v) is 6.10. The third kappa shape index (κ3) is 3.86. The fraction of sp³-hybridized carbons (Fsp3) is 0.130. The lowest BCUT2D eigenvalue weighted by Crippen LogP contribution is -2.41. The van der Waals surface area contributed by atoms with E-state index < -0.39 is 28.6 Å². The van der Waals surface area contributed by atoms with E-state index in [2.05, 4.69) is 0 Å². The zero-order valence-electron chi connectivity index (χ0n) is 16.5. The molecule has 1 heterocycles. The Morgan fingerprint density at radius 1 is 1.03 bits per heavy atom. The number of fused-ring (bicyclic) bond motifs is 1. The number of aliphatic hydroxyl groups is 1. The van der Waals surface area contributed by atoms with Gasteiger partial charge in [-0.1, -0.05) is 59.6 Å². The van der Waals surface area contributed by atoms with Crippen LogP contribution >= 0.6 is 23.2 Å². The van der Waals surface area contributed by atoms with Crippen molar-refractivity contribution in [3.8, 4) is 0 Å². The van der Waals surface area contributed by atoms with E-state index in [-0.39, 0.29) is 17.8 Å². The predicted octanol–water partition coefficient (Wildman–Crippen LogP) is 4.91. The van der Waals surface area contributed by atoms with Gasteiger partial charge in [-0.3, -0.25) is 19.7 Å². The maximum atomic E-state index is 13.3. The van der Waals surface area contributed by atoms with Crippen LogP contribution in [0.5, 0.6) is 0 Å². The SMILES string of the molecule is O=C(C[C@]1(O)C(=O)N(Cc2ccc(Cl)c(Cl)c2)c2ccccc21)c1cccc([N+](=O)[O-])c1. The molecule has 7 nitrogen and oxygen atoms in total. The highest BCUT2D eigenvalue weighted by Gasteiger charge is 2.50. The Labute approximate surface area is 193 Å². The summed E-state index contributed by atoms with van der Waals surface area (Å²) in [4.78, 5) is 38.0. The molecule has 1 atom stereocenters. The van der Waals surface area contributed by atoms with Gasteiger partial charge >= 0.3 is 0 Å². The number of hydrogen-bond acceptors (Lipinski definition) is 5. The van der Waals surface area contributed by atoms with Gasteiger partial charge in [0.15, 0.2) is 11.4 Å². The molecule has 4 rings (SSSR count). The van der Waals surface area contributed by atoms with Crippen LogP contribution in [-0.2, 0) is 16.9 Å². The van der Waals surface area contributed by atoms with Crippen molar-refractivity contribution in [2.45, 2.75) is 18.6 Å². The summed E-state index contributed by atoms with van der Waals surface area (Å²) in [7, 11) is 0. The Bertz CT molecular complexity index is 1260. The molecule has 0 saturated carbocycles. The molecule has 1 aliphatic heterocycles. The summed E-state index contributed by atoms with van der Waals surface area (Å²) >= 11 is 12.1. The minimum atomic E-state index is -2.10. The van der Waals surface area contributed by atoms with E-state index in [0.717, 1.165) is 6.07 Å². The molecule has 0 radical (unpaired) electrons. The van der Waals surface area contributed by atoms with Gasteiger partial charge in [-0.15, -0.1) is 0 Å². The standard InChI is InChI=1S/C23H16Cl2N2O5/c24-18-9-8-14(10-19(18)25)13-26-20-7-2-1-6-17(20)23(30,22(26)29)12-21(28)15-4-3-5-16(11-15)27(31)32/h1-11,30H,12-13H2/t23-/m1/s1. The van der Waals surface area contributed by atoms with Crippen molar-refractivity contribution in [3.05, 3.63) is 104 Å². The van der Waals surface area contributed by atoms with Crippen LogP contribution in [-0.4, -0.2) is 21.7 Å². The topological polar surface area (TPSA) is 101 Å². The summed E-state index contributed by atoms with van der Waals surface area (Å²) in [5, 5.41) is 23.1. The van der Waals surface area contributed by atoms with Gasteiger partial charge in [-0.2, -0.15) is 0 Å². The normalized spacial score (nSPS) is 17.3. The first-order valence-electron chi connectivity index (χ1n) is 9.56. The van der Waals surface area contributed by atoms with Gasteiger partial charge in [-0.05, 0) is 23.8 Å². The number of carbonyl (C=O) groups excluding carboxylic acids is 2. The van der Waals surface area contributed by atoms with E-state index in [1.807, 2.05) is 0 Å². The number of halogens is 2. The number of carbonyl (C=O) groups is 2. The molecule has 0 aromatic heterocycles. The molecule has 162 valence electrons. The molecule has 0 unspecified atom stereocenters. The summed E-state index contributed by atoms with van der Waals surface area (Å²) in [6.07, 6.45) is -0.554. The lowest BCUT2D eigenvalue weighted by atomic mass is 9.88. The van der Waals surface area contributed by atoms with Crippen LogP contribution in [0.25, 0.3) is 0 Å². The lowest BCUT2D eigenvalue weighted by molar-refractivity contribution is -0.384. The number of ketones is 1. The highest BCUT2D eigenvalue weighted by Crippen LogP contribution is 2.43. The van der Waals surface area contributed by atoms with Crippen molar-refractivity contribution in [1.82, 2.24) is 0 Å². The third-order valence-electron chi connectivity index (χ3n) is 5.36. The Kier molecular flexibility index (Phi) is 5.73. The van der Waals surface area contributed by atoms with Crippen molar-refractivity contribution in [2.24, 2.45) is 0 Å². The van der Waals surface area contributed by atoms with Crippen LogP contribution in [0, 0.1) is 10.1 Å². The number of anilines is 1. The molecule has 1 N–H and O–H groups in total. The largest absolute Gasteiger partial charge is 0.375 e. The van der Waals surface area contributed by atoms with Crippen LogP contribution in [0.1, 0.15) is 27.9 Å². The minimum absolute atomic E-state index is 0.0424.